The molecule has 0 saturated heterocycles. The number of aliphatic hydroxyl groups excluding tert-OH is 2. The van der Waals surface area contributed by atoms with Crippen LogP contribution in [0.4, 0.5) is 0 Å². The lowest BCUT2D eigenvalue weighted by molar-refractivity contribution is -0.131. The van der Waals surface area contributed by atoms with Gasteiger partial charge in [-0.3, -0.25) is 9.59 Å². The van der Waals surface area contributed by atoms with Crippen molar-refractivity contribution in [1.29, 1.82) is 0 Å². The van der Waals surface area contributed by atoms with E-state index in [-0.39, 0.29) is 49.5 Å². The van der Waals surface area contributed by atoms with Crippen LogP contribution < -0.4 is 10.6 Å². The first-order chi connectivity index (χ1) is 9.85. The molecule has 0 aliphatic heterocycles. The molecule has 0 aromatic rings. The SMILES string of the molecule is C=CCC(CC(=O)NC(C)CO)C(=O)NC(CO)C(C)C. The molecule has 0 aliphatic carbocycles. The van der Waals surface area contributed by atoms with E-state index in [1.165, 1.54) is 0 Å². The Balaban J connectivity index is 4.62. The van der Waals surface area contributed by atoms with Crippen molar-refractivity contribution in [3.63, 3.8) is 0 Å². The molecule has 0 saturated carbocycles. The maximum absolute atomic E-state index is 12.2. The fourth-order valence-electron chi connectivity index (χ4n) is 1.81. The topological polar surface area (TPSA) is 98.7 Å². The van der Waals surface area contributed by atoms with Gasteiger partial charge in [0.15, 0.2) is 0 Å². The molecule has 0 rings (SSSR count). The third kappa shape index (κ3) is 7.82. The Bertz CT molecular complexity index is 345. The van der Waals surface area contributed by atoms with E-state index in [1.54, 1.807) is 13.0 Å². The largest absolute Gasteiger partial charge is 0.394 e. The Kier molecular flexibility index (Phi) is 9.65. The number of amides is 2. The van der Waals surface area contributed by atoms with Gasteiger partial charge in [-0.15, -0.1) is 6.58 Å². The van der Waals surface area contributed by atoms with Crippen molar-refractivity contribution in [3.8, 4) is 0 Å². The van der Waals surface area contributed by atoms with E-state index in [0.717, 1.165) is 0 Å². The van der Waals surface area contributed by atoms with Crippen molar-refractivity contribution in [2.24, 2.45) is 11.8 Å². The predicted octanol–water partition coefficient (Wildman–Crippen LogP) is 0.199. The van der Waals surface area contributed by atoms with Crippen LogP contribution in [0.3, 0.4) is 0 Å². The summed E-state index contributed by atoms with van der Waals surface area (Å²) in [5, 5.41) is 23.5. The molecule has 0 heterocycles. The Morgan fingerprint density at radius 3 is 2.19 bits per heavy atom. The van der Waals surface area contributed by atoms with Crippen molar-refractivity contribution in [2.45, 2.75) is 45.7 Å². The van der Waals surface area contributed by atoms with Gasteiger partial charge < -0.3 is 20.8 Å². The zero-order valence-corrected chi connectivity index (χ0v) is 13.1. The van der Waals surface area contributed by atoms with E-state index in [9.17, 15) is 14.7 Å². The molecule has 0 aromatic heterocycles. The molecular weight excluding hydrogens is 272 g/mol. The molecule has 2 amide bonds. The van der Waals surface area contributed by atoms with E-state index in [4.69, 9.17) is 5.11 Å². The fourth-order valence-corrected chi connectivity index (χ4v) is 1.81. The van der Waals surface area contributed by atoms with Gasteiger partial charge in [0.05, 0.1) is 25.2 Å². The third-order valence-corrected chi connectivity index (χ3v) is 3.26. The first-order valence-corrected chi connectivity index (χ1v) is 7.28. The van der Waals surface area contributed by atoms with E-state index in [2.05, 4.69) is 17.2 Å². The molecule has 3 atom stereocenters. The summed E-state index contributed by atoms with van der Waals surface area (Å²) in [5.41, 5.74) is 0. The van der Waals surface area contributed by atoms with E-state index in [1.807, 2.05) is 13.8 Å². The minimum atomic E-state index is -0.527. The molecule has 21 heavy (non-hydrogen) atoms. The second kappa shape index (κ2) is 10.3. The minimum Gasteiger partial charge on any atom is -0.394 e. The molecule has 6 nitrogen and oxygen atoms in total. The van der Waals surface area contributed by atoms with Gasteiger partial charge >= 0.3 is 0 Å². The van der Waals surface area contributed by atoms with Crippen LogP contribution in [0.15, 0.2) is 12.7 Å². The third-order valence-electron chi connectivity index (χ3n) is 3.26. The highest BCUT2D eigenvalue weighted by molar-refractivity contribution is 5.86. The molecule has 122 valence electrons. The lowest BCUT2D eigenvalue weighted by Crippen LogP contribution is -2.45. The molecule has 0 bridgehead atoms. The van der Waals surface area contributed by atoms with Gasteiger partial charge in [0.1, 0.15) is 0 Å². The summed E-state index contributed by atoms with van der Waals surface area (Å²) in [6.07, 6.45) is 2.00. The van der Waals surface area contributed by atoms with Crippen LogP contribution in [-0.2, 0) is 9.59 Å². The lowest BCUT2D eigenvalue weighted by atomic mass is 9.97. The first-order valence-electron chi connectivity index (χ1n) is 7.28. The summed E-state index contributed by atoms with van der Waals surface area (Å²) in [7, 11) is 0. The van der Waals surface area contributed by atoms with Crippen LogP contribution in [0.25, 0.3) is 0 Å². The molecule has 4 N–H and O–H groups in total. The van der Waals surface area contributed by atoms with Crippen LogP contribution in [0, 0.1) is 11.8 Å². The molecular formula is C15H28N2O4. The Hall–Kier alpha value is -1.40. The smallest absolute Gasteiger partial charge is 0.224 e. The summed E-state index contributed by atoms with van der Waals surface area (Å²) in [4.78, 5) is 24.0. The van der Waals surface area contributed by atoms with Crippen LogP contribution >= 0.6 is 0 Å². The van der Waals surface area contributed by atoms with Gasteiger partial charge in [-0.1, -0.05) is 19.9 Å². The zero-order chi connectivity index (χ0) is 16.4. The quantitative estimate of drug-likeness (QED) is 0.433. The minimum absolute atomic E-state index is 0.0262. The lowest BCUT2D eigenvalue weighted by Gasteiger charge is -2.23. The zero-order valence-electron chi connectivity index (χ0n) is 13.1. The maximum atomic E-state index is 12.2. The average Bonchev–Trinajstić information content (AvgIpc) is 2.43. The summed E-state index contributed by atoms with van der Waals surface area (Å²) >= 11 is 0. The van der Waals surface area contributed by atoms with Crippen LogP contribution in [-0.4, -0.2) is 47.3 Å². The van der Waals surface area contributed by atoms with Gasteiger partial charge in [0, 0.05) is 12.5 Å². The molecule has 0 aromatic carbocycles. The standard InChI is InChI=1S/C15H28N2O4/c1-5-6-12(7-14(20)16-11(4)8-18)15(21)17-13(9-19)10(2)3/h5,10-13,18-19H,1,6-9H2,2-4H3,(H,16,20)(H,17,21). The van der Waals surface area contributed by atoms with Gasteiger partial charge in [-0.2, -0.15) is 0 Å². The Morgan fingerprint density at radius 2 is 1.76 bits per heavy atom. The summed E-state index contributed by atoms with van der Waals surface area (Å²) in [5.74, 6) is -0.981. The van der Waals surface area contributed by atoms with Gasteiger partial charge in [0.2, 0.25) is 11.8 Å². The van der Waals surface area contributed by atoms with Crippen LogP contribution in [0.2, 0.25) is 0 Å². The molecule has 0 radical (unpaired) electrons. The summed E-state index contributed by atoms with van der Waals surface area (Å²) in [6.45, 7) is 8.80. The monoisotopic (exact) mass is 300 g/mol. The van der Waals surface area contributed by atoms with Crippen molar-refractivity contribution in [2.75, 3.05) is 13.2 Å². The number of aliphatic hydroxyl groups is 2. The number of rotatable bonds is 10. The van der Waals surface area contributed by atoms with E-state index in [0.29, 0.717) is 6.42 Å². The molecule has 0 aliphatic rings. The molecule has 0 spiro atoms. The average molecular weight is 300 g/mol. The second-order valence-electron chi connectivity index (χ2n) is 5.62. The highest BCUT2D eigenvalue weighted by atomic mass is 16.3. The summed E-state index contributed by atoms with van der Waals surface area (Å²) < 4.78 is 0. The Morgan fingerprint density at radius 1 is 1.14 bits per heavy atom. The maximum Gasteiger partial charge on any atom is 0.224 e. The predicted molar refractivity (Wildman–Crippen MR) is 81.5 cm³/mol. The number of allylic oxidation sites excluding steroid dienone is 1. The fraction of sp³-hybridized carbons (Fsp3) is 0.733. The highest BCUT2D eigenvalue weighted by Crippen LogP contribution is 2.12. The van der Waals surface area contributed by atoms with Crippen LogP contribution in [0.1, 0.15) is 33.6 Å². The molecule has 6 heteroatoms. The Labute approximate surface area is 126 Å². The van der Waals surface area contributed by atoms with Gasteiger partial charge in [-0.25, -0.2) is 0 Å². The van der Waals surface area contributed by atoms with E-state index >= 15 is 0 Å². The number of carbonyl (C=O) groups excluding carboxylic acids is 2. The normalized spacial score (nSPS) is 15.1. The number of carbonyl (C=O) groups is 2. The van der Waals surface area contributed by atoms with Crippen molar-refractivity contribution < 1.29 is 19.8 Å². The molecule has 0 fully saturated rings. The van der Waals surface area contributed by atoms with Crippen molar-refractivity contribution in [1.82, 2.24) is 10.6 Å². The second-order valence-corrected chi connectivity index (χ2v) is 5.62. The number of nitrogens with one attached hydrogen (secondary N) is 2. The number of hydrogen-bond donors (Lipinski definition) is 4. The van der Waals surface area contributed by atoms with Crippen molar-refractivity contribution in [3.05, 3.63) is 12.7 Å². The summed E-state index contributed by atoms with van der Waals surface area (Å²) in [6, 6.07) is -0.671. The number of hydrogen-bond acceptors (Lipinski definition) is 4. The van der Waals surface area contributed by atoms with Gasteiger partial charge in [0.25, 0.3) is 0 Å². The van der Waals surface area contributed by atoms with Crippen LogP contribution in [0.5, 0.6) is 0 Å². The van der Waals surface area contributed by atoms with Crippen molar-refractivity contribution >= 4 is 11.8 Å². The van der Waals surface area contributed by atoms with Gasteiger partial charge in [-0.05, 0) is 19.3 Å². The highest BCUT2D eigenvalue weighted by Gasteiger charge is 2.24. The molecule has 3 unspecified atom stereocenters. The van der Waals surface area contributed by atoms with E-state index < -0.39 is 5.92 Å². The first kappa shape index (κ1) is 19.6.